The molecule has 0 aromatic heterocycles. The molecule has 92 valence electrons. The van der Waals surface area contributed by atoms with Crippen LogP contribution < -0.4 is 0 Å². The Morgan fingerprint density at radius 1 is 0.867 bits per heavy atom. The number of aliphatic carboxylic acids is 3. The fourth-order valence-corrected chi connectivity index (χ4v) is 0.714. The van der Waals surface area contributed by atoms with Crippen LogP contribution in [0, 0.1) is 0 Å². The van der Waals surface area contributed by atoms with Crippen LogP contribution >= 0.6 is 0 Å². The van der Waals surface area contributed by atoms with Gasteiger partial charge in [-0.3, -0.25) is 9.59 Å². The second kappa shape index (κ2) is 7.67. The number of carbonyl (C=O) groups is 3. The van der Waals surface area contributed by atoms with Crippen LogP contribution in [0.15, 0.2) is 0 Å². The smallest absolute Gasteiger partial charge is 0.481 e. The van der Waals surface area contributed by atoms with Gasteiger partial charge in [0.1, 0.15) is 0 Å². The molecule has 2 radical (unpaired) electrons. The Kier molecular flexibility index (Phi) is 10.2. The molecular weight excluding hydrogens is 311 g/mol. The van der Waals surface area contributed by atoms with Gasteiger partial charge in [0.25, 0.3) is 0 Å². The van der Waals surface area contributed by atoms with E-state index in [9.17, 15) is 14.4 Å². The first-order valence-electron chi connectivity index (χ1n) is 3.17. The van der Waals surface area contributed by atoms with Gasteiger partial charge in [0, 0.05) is 0 Å². The summed E-state index contributed by atoms with van der Waals surface area (Å²) >= 11 is 0. The van der Waals surface area contributed by atoms with Gasteiger partial charge in [-0.25, -0.2) is 4.79 Å². The van der Waals surface area contributed by atoms with Gasteiger partial charge in [-0.05, 0) is 0 Å². The van der Waals surface area contributed by atoms with E-state index in [2.05, 4.69) is 0 Å². The van der Waals surface area contributed by atoms with Crippen molar-refractivity contribution in [2.24, 2.45) is 0 Å². The van der Waals surface area contributed by atoms with Crippen molar-refractivity contribution in [1.29, 1.82) is 0 Å². The summed E-state index contributed by atoms with van der Waals surface area (Å²) in [5, 5.41) is 33.8. The van der Waals surface area contributed by atoms with Gasteiger partial charge in [0.05, 0.1) is 12.8 Å². The van der Waals surface area contributed by atoms with Crippen molar-refractivity contribution in [2.75, 3.05) is 0 Å². The zero-order chi connectivity index (χ0) is 10.6. The van der Waals surface area contributed by atoms with E-state index in [0.29, 0.717) is 0 Å². The van der Waals surface area contributed by atoms with Crippen LogP contribution in [0.25, 0.3) is 0 Å². The molecule has 0 bridgehead atoms. The number of aliphatic hydroxyl groups is 1. The molecule has 0 spiro atoms. The van der Waals surface area contributed by atoms with Crippen molar-refractivity contribution in [3.63, 3.8) is 0 Å². The predicted octanol–water partition coefficient (Wildman–Crippen LogP) is -1.25. The van der Waals surface area contributed by atoms with Gasteiger partial charge in [-0.2, -0.15) is 0 Å². The summed E-state index contributed by atoms with van der Waals surface area (Å²) in [6.07, 6.45) is -2.29. The molecule has 0 aliphatic heterocycles. The van der Waals surface area contributed by atoms with Crippen LogP contribution in [0.2, 0.25) is 0 Å². The van der Waals surface area contributed by atoms with Crippen molar-refractivity contribution in [1.82, 2.24) is 0 Å². The van der Waals surface area contributed by atoms with Crippen LogP contribution in [0.4, 0.5) is 0 Å². The minimum atomic E-state index is -2.74. The molecule has 0 fully saturated rings. The quantitative estimate of drug-likeness (QED) is 0.465. The topological polar surface area (TPSA) is 132 Å². The summed E-state index contributed by atoms with van der Waals surface area (Å²) in [5.74, 6) is -5.02. The minimum Gasteiger partial charge on any atom is -0.481 e. The average Bonchev–Trinajstić information content (AvgIpc) is 1.82. The Labute approximate surface area is 105 Å². The van der Waals surface area contributed by atoms with Crippen molar-refractivity contribution >= 4 is 17.9 Å². The fraction of sp³-hybridized carbons (Fsp3) is 0.500. The maximum atomic E-state index is 10.3. The molecule has 0 amide bonds. The average molecular weight is 319 g/mol. The summed E-state index contributed by atoms with van der Waals surface area (Å²) in [7, 11) is 0. The van der Waals surface area contributed by atoms with E-state index < -0.39 is 36.4 Å². The van der Waals surface area contributed by atoms with E-state index in [1.807, 2.05) is 0 Å². The summed E-state index contributed by atoms with van der Waals surface area (Å²) in [6.45, 7) is 0. The molecule has 0 rings (SSSR count). The van der Waals surface area contributed by atoms with E-state index in [0.717, 1.165) is 0 Å². The molecule has 0 heterocycles. The van der Waals surface area contributed by atoms with Gasteiger partial charge in [-0.1, -0.05) is 0 Å². The largest absolute Gasteiger partial charge is 2.00 e. The number of rotatable bonds is 5. The molecule has 0 saturated heterocycles. The molecule has 0 atom stereocenters. The third-order valence-electron chi connectivity index (χ3n) is 1.29. The molecule has 7 nitrogen and oxygen atoms in total. The number of hydrogen-bond acceptors (Lipinski definition) is 4. The summed E-state index contributed by atoms with van der Waals surface area (Å²) < 4.78 is 0. The fourth-order valence-electron chi connectivity index (χ4n) is 0.714. The van der Waals surface area contributed by atoms with Gasteiger partial charge in [0.15, 0.2) is 5.60 Å². The second-order valence-corrected chi connectivity index (χ2v) is 2.48. The summed E-state index contributed by atoms with van der Waals surface area (Å²) in [5.41, 5.74) is -2.74. The zero-order valence-corrected chi connectivity index (χ0v) is 8.91. The third-order valence-corrected chi connectivity index (χ3v) is 1.29. The predicted molar refractivity (Wildman–Crippen MR) is 37.1 cm³/mol. The van der Waals surface area contributed by atoms with E-state index in [1.54, 1.807) is 0 Å². The van der Waals surface area contributed by atoms with Crippen molar-refractivity contribution in [2.45, 2.75) is 18.4 Å². The molecule has 0 unspecified atom stereocenters. The van der Waals surface area contributed by atoms with E-state index >= 15 is 0 Å². The van der Waals surface area contributed by atoms with Gasteiger partial charge in [-0.15, -0.1) is 0 Å². The zero-order valence-electron chi connectivity index (χ0n) is 7.03. The standard InChI is InChI=1S/C6H8O7.2Cu/c7-3(8)1-6(13,5(11)12)2-4(9)10;;/h13H,1-2H2,(H,7,8)(H,9,10)(H,11,12);;/q;2*+2. The molecule has 15 heavy (non-hydrogen) atoms. The van der Waals surface area contributed by atoms with Gasteiger partial charge in [0.2, 0.25) is 0 Å². The molecule has 4 N–H and O–H groups in total. The molecule has 0 aromatic carbocycles. The second-order valence-electron chi connectivity index (χ2n) is 2.48. The van der Waals surface area contributed by atoms with Crippen molar-refractivity contribution in [3.8, 4) is 0 Å². The van der Waals surface area contributed by atoms with Crippen LogP contribution in [-0.4, -0.2) is 43.9 Å². The van der Waals surface area contributed by atoms with Crippen molar-refractivity contribution < 1.29 is 68.9 Å². The summed E-state index contributed by atoms with van der Waals surface area (Å²) in [4.78, 5) is 30.5. The SMILES string of the molecule is O=C(O)CC(O)(CC(=O)O)C(=O)O.[Cu+2].[Cu+2]. The Morgan fingerprint density at radius 2 is 1.13 bits per heavy atom. The molecule has 9 heteroatoms. The summed E-state index contributed by atoms with van der Waals surface area (Å²) in [6, 6.07) is 0. The van der Waals surface area contributed by atoms with Gasteiger partial charge < -0.3 is 20.4 Å². The Morgan fingerprint density at radius 3 is 1.27 bits per heavy atom. The Bertz CT molecular complexity index is 236. The first-order valence-corrected chi connectivity index (χ1v) is 3.17. The number of carboxylic acid groups (broad SMARTS) is 3. The normalized spacial score (nSPS) is 9.40. The van der Waals surface area contributed by atoms with Crippen LogP contribution in [0.1, 0.15) is 12.8 Å². The molecule has 0 aliphatic rings. The molecule has 0 aromatic rings. The first kappa shape index (κ1) is 19.9. The van der Waals surface area contributed by atoms with Crippen LogP contribution in [0.3, 0.4) is 0 Å². The number of hydrogen-bond donors (Lipinski definition) is 4. The Balaban J connectivity index is -0.000000720. The van der Waals surface area contributed by atoms with E-state index in [-0.39, 0.29) is 34.1 Å². The van der Waals surface area contributed by atoms with E-state index in [4.69, 9.17) is 20.4 Å². The maximum absolute atomic E-state index is 10.3. The first-order chi connectivity index (χ1) is 5.78. The van der Waals surface area contributed by atoms with Crippen LogP contribution in [0.5, 0.6) is 0 Å². The van der Waals surface area contributed by atoms with Crippen LogP contribution in [-0.2, 0) is 48.5 Å². The van der Waals surface area contributed by atoms with Crippen molar-refractivity contribution in [3.05, 3.63) is 0 Å². The van der Waals surface area contributed by atoms with E-state index in [1.165, 1.54) is 0 Å². The molecule has 0 aliphatic carbocycles. The molecular formula is C6H8Cu2O7+4. The number of carboxylic acids is 3. The minimum absolute atomic E-state index is 0. The monoisotopic (exact) mass is 318 g/mol. The van der Waals surface area contributed by atoms with Gasteiger partial charge >= 0.3 is 52.0 Å². The maximum Gasteiger partial charge on any atom is 2.00 e. The molecule has 0 saturated carbocycles. The third kappa shape index (κ3) is 7.35. The Hall–Kier alpha value is -0.591.